The Morgan fingerprint density at radius 1 is 0.815 bits per heavy atom. The summed E-state index contributed by atoms with van der Waals surface area (Å²) in [4.78, 5) is 10.1. The molecule has 0 spiro atoms. The molecule has 6 heteroatoms. The smallest absolute Gasteiger partial charge is 0.741 e. The van der Waals surface area contributed by atoms with Crippen LogP contribution in [0.1, 0.15) is 108 Å². The number of carbonyl (C=O) groups is 1. The predicted molar refractivity (Wildman–Crippen MR) is 122 cm³/mol. The maximum atomic E-state index is 10.7. The molecule has 0 atom stereocenters. The molecule has 0 saturated heterocycles. The number of carbonyl (C=O) groups excluding carboxylic acids is 1. The molecular weight excluding hydrogens is 349 g/mol. The monoisotopic (exact) mass is 403 g/mol. The number of hydrogen-bond acceptors (Lipinski definition) is 4. The molecule has 1 amide bonds. The molecule has 0 saturated carbocycles. The summed E-state index contributed by atoms with van der Waals surface area (Å²) >= 11 is 0. The van der Waals surface area contributed by atoms with Gasteiger partial charge in [0.2, 0.25) is 6.41 Å². The van der Waals surface area contributed by atoms with Crippen LogP contribution in [-0.4, -0.2) is 43.8 Å². The van der Waals surface area contributed by atoms with Crippen molar-refractivity contribution in [2.24, 2.45) is 0 Å². The number of amides is 1. The summed E-state index contributed by atoms with van der Waals surface area (Å²) < 4.78 is 0. The molecule has 166 valence electrons. The van der Waals surface area contributed by atoms with Crippen LogP contribution in [-0.2, 0) is 4.79 Å². The molecule has 0 aromatic carbocycles. The number of hydroxylamine groups is 1. The molecule has 0 aliphatic carbocycles. The average molecular weight is 404 g/mol. The van der Waals surface area contributed by atoms with Crippen molar-refractivity contribution >= 4 is 6.41 Å². The second kappa shape index (κ2) is 40.9. The van der Waals surface area contributed by atoms with E-state index in [1.165, 1.54) is 62.9 Å². The molecular formula is C21H54N3NaO2. The largest absolute Gasteiger partial charge is 1.00 e. The maximum Gasteiger partial charge on any atom is 1.00 e. The minimum absolute atomic E-state index is 0. The number of hydrazine groups is 1. The van der Waals surface area contributed by atoms with Crippen LogP contribution in [0, 0.1) is 5.21 Å². The Labute approximate surface area is 195 Å². The molecule has 0 aliphatic heterocycles. The van der Waals surface area contributed by atoms with Crippen LogP contribution < -0.4 is 34.9 Å². The molecule has 0 bridgehead atoms. The van der Waals surface area contributed by atoms with Gasteiger partial charge in [-0.15, -0.1) is 0 Å². The normalized spacial score (nSPS) is 8.37. The van der Waals surface area contributed by atoms with Crippen LogP contribution >= 0.6 is 0 Å². The first kappa shape index (κ1) is 45.9. The Balaban J connectivity index is -0.0000000521. The van der Waals surface area contributed by atoms with E-state index in [9.17, 15) is 10.0 Å². The minimum Gasteiger partial charge on any atom is -0.741 e. The first-order chi connectivity index (χ1) is 10.6. The van der Waals surface area contributed by atoms with Gasteiger partial charge >= 0.3 is 29.6 Å². The van der Waals surface area contributed by atoms with Crippen molar-refractivity contribution in [1.29, 1.82) is 0 Å². The third-order valence-electron chi connectivity index (χ3n) is 3.54. The fourth-order valence-electron chi connectivity index (χ4n) is 2.03. The van der Waals surface area contributed by atoms with Crippen molar-refractivity contribution in [2.45, 2.75) is 108 Å². The van der Waals surface area contributed by atoms with E-state index >= 15 is 0 Å². The van der Waals surface area contributed by atoms with Gasteiger partial charge < -0.3 is 15.7 Å². The summed E-state index contributed by atoms with van der Waals surface area (Å²) in [6.45, 7) is 6.26. The van der Waals surface area contributed by atoms with E-state index in [4.69, 9.17) is 0 Å². The number of nitrogens with zero attached hydrogens (tertiary/aromatic N) is 2. The zero-order valence-electron chi connectivity index (χ0n) is 16.3. The van der Waals surface area contributed by atoms with Gasteiger partial charge in [-0.3, -0.25) is 4.79 Å². The molecule has 0 radical (unpaired) electrons. The van der Waals surface area contributed by atoms with Gasteiger partial charge in [0.1, 0.15) is 0 Å². The molecule has 0 rings (SSSR count). The van der Waals surface area contributed by atoms with E-state index in [0.29, 0.717) is 11.7 Å². The Bertz CT molecular complexity index is 218. The van der Waals surface area contributed by atoms with Gasteiger partial charge in [-0.2, -0.15) is 0 Å². The summed E-state index contributed by atoms with van der Waals surface area (Å²) in [7, 11) is 3.64. The number of hydrogen-bond donors (Lipinski definition) is 1. The van der Waals surface area contributed by atoms with E-state index in [1.54, 1.807) is 7.05 Å². The molecule has 0 fully saturated rings. The van der Waals surface area contributed by atoms with Gasteiger partial charge in [0.05, 0.1) is 0 Å². The Hall–Kier alpha value is 0.350. The third-order valence-corrected chi connectivity index (χ3v) is 3.54. The molecule has 27 heavy (non-hydrogen) atoms. The van der Waals surface area contributed by atoms with Crippen molar-refractivity contribution in [3.63, 3.8) is 0 Å². The second-order valence-corrected chi connectivity index (χ2v) is 5.72. The van der Waals surface area contributed by atoms with Crippen molar-refractivity contribution in [3.8, 4) is 0 Å². The Morgan fingerprint density at radius 3 is 1.59 bits per heavy atom. The van der Waals surface area contributed by atoms with Crippen molar-refractivity contribution in [2.75, 3.05) is 27.2 Å². The first-order valence-corrected chi connectivity index (χ1v) is 8.91. The van der Waals surface area contributed by atoms with Crippen LogP contribution in [0.3, 0.4) is 0 Å². The fraction of sp³-hybridized carbons (Fsp3) is 0.952. The minimum atomic E-state index is 0. The summed E-state index contributed by atoms with van der Waals surface area (Å²) in [5.41, 5.74) is 0. The topological polar surface area (TPSA) is 58.6 Å². The van der Waals surface area contributed by atoms with Crippen LogP contribution in [0.15, 0.2) is 0 Å². The van der Waals surface area contributed by atoms with E-state index in [0.717, 1.165) is 12.8 Å². The van der Waals surface area contributed by atoms with Crippen LogP contribution in [0.2, 0.25) is 0 Å². The van der Waals surface area contributed by atoms with Crippen LogP contribution in [0.25, 0.3) is 0 Å². The van der Waals surface area contributed by atoms with E-state index in [1.807, 2.05) is 7.05 Å². The molecule has 0 unspecified atom stereocenters. The Morgan fingerprint density at radius 2 is 1.22 bits per heavy atom. The number of nitrogens with one attached hydrogen (secondary N) is 1. The van der Waals surface area contributed by atoms with Gasteiger partial charge in [0, 0.05) is 13.6 Å². The van der Waals surface area contributed by atoms with E-state index in [-0.39, 0.29) is 65.7 Å². The summed E-state index contributed by atoms with van der Waals surface area (Å²) in [5, 5.41) is 15.6. The van der Waals surface area contributed by atoms with Gasteiger partial charge in [-0.25, -0.2) is 5.01 Å². The number of unbranched alkanes of at least 4 members (excludes halogenated alkanes) is 8. The van der Waals surface area contributed by atoms with Crippen molar-refractivity contribution in [1.82, 2.24) is 15.5 Å². The van der Waals surface area contributed by atoms with Gasteiger partial charge in [0.25, 0.3) is 0 Å². The van der Waals surface area contributed by atoms with E-state index in [2.05, 4.69) is 19.2 Å². The summed E-state index contributed by atoms with van der Waals surface area (Å²) in [5.74, 6) is 0. The SMILES string of the molecule is C.C.C.C.CCCCCCCN(C)N([O-])C=O.CCCCCCCNC.[Na+]. The standard InChI is InChI=1S/C9H19N2O2.C8H19N.4CH4.Na/c1-3-4-5-6-7-8-10(2)11(13)9-12;1-3-4-5-6-7-8-9-2;;;;;/h9H,3-8H2,1-2H3;9H,3-8H2,1-2H3;4*1H4;/q-1;;;;;;+1. The summed E-state index contributed by atoms with van der Waals surface area (Å²) in [6.07, 6.45) is 13.0. The molecule has 1 N–H and O–H groups in total. The second-order valence-electron chi connectivity index (χ2n) is 5.72. The maximum absolute atomic E-state index is 10.7. The molecule has 0 aliphatic rings. The van der Waals surface area contributed by atoms with Crippen molar-refractivity contribution < 1.29 is 34.4 Å². The average Bonchev–Trinajstić information content (AvgIpc) is 2.54. The zero-order chi connectivity index (χ0) is 17.1. The zero-order valence-corrected chi connectivity index (χ0v) is 18.3. The van der Waals surface area contributed by atoms with Gasteiger partial charge in [-0.1, -0.05) is 94.9 Å². The first-order valence-electron chi connectivity index (χ1n) is 8.91. The number of rotatable bonds is 14. The summed E-state index contributed by atoms with van der Waals surface area (Å²) in [6, 6.07) is 0. The van der Waals surface area contributed by atoms with Crippen LogP contribution in [0.4, 0.5) is 0 Å². The quantitative estimate of drug-likeness (QED) is 0.209. The third kappa shape index (κ3) is 41.7. The van der Waals surface area contributed by atoms with Crippen molar-refractivity contribution in [3.05, 3.63) is 5.21 Å². The van der Waals surface area contributed by atoms with Crippen LogP contribution in [0.5, 0.6) is 0 Å². The molecule has 0 heterocycles. The van der Waals surface area contributed by atoms with Gasteiger partial charge in [0.15, 0.2) is 0 Å². The fourth-order valence-corrected chi connectivity index (χ4v) is 2.03. The predicted octanol–water partition coefficient (Wildman–Crippen LogP) is 3.48. The molecule has 0 aromatic heterocycles. The van der Waals surface area contributed by atoms with E-state index < -0.39 is 0 Å². The van der Waals surface area contributed by atoms with Gasteiger partial charge in [-0.05, 0) is 26.4 Å². The molecule has 5 nitrogen and oxygen atoms in total. The molecule has 0 aromatic rings. The Kier molecular flexibility index (Phi) is 69.4.